The summed E-state index contributed by atoms with van der Waals surface area (Å²) < 4.78 is 0. The largest absolute Gasteiger partial charge is 0.372 e. The number of hydrogen-bond acceptors (Lipinski definition) is 5. The monoisotopic (exact) mass is 392 g/mol. The first kappa shape index (κ1) is 18.7. The van der Waals surface area contributed by atoms with Crippen molar-refractivity contribution in [2.75, 3.05) is 23.3 Å². The molecule has 144 valence electrons. The summed E-state index contributed by atoms with van der Waals surface area (Å²) in [6, 6.07) is 16.0. The molecule has 0 aliphatic carbocycles. The van der Waals surface area contributed by atoms with Gasteiger partial charge in [0.1, 0.15) is 11.4 Å². The summed E-state index contributed by atoms with van der Waals surface area (Å²) in [5.41, 5.74) is 2.94. The Labute approximate surface area is 169 Å². The second-order valence-corrected chi connectivity index (χ2v) is 8.37. The van der Waals surface area contributed by atoms with Gasteiger partial charge in [-0.15, -0.1) is 0 Å². The molecule has 6 heteroatoms. The molecule has 1 aliphatic rings. The molecule has 5 nitrogen and oxygen atoms in total. The van der Waals surface area contributed by atoms with Crippen LogP contribution in [0.25, 0.3) is 10.9 Å². The van der Waals surface area contributed by atoms with Gasteiger partial charge < -0.3 is 10.2 Å². The van der Waals surface area contributed by atoms with Crippen molar-refractivity contribution in [3.05, 3.63) is 54.9 Å². The third-order valence-corrected chi connectivity index (χ3v) is 6.14. The smallest absolute Gasteiger partial charge is 0.237 e. The van der Waals surface area contributed by atoms with E-state index in [0.717, 1.165) is 34.7 Å². The highest BCUT2D eigenvalue weighted by atomic mass is 32.2. The molecule has 3 aromatic rings. The van der Waals surface area contributed by atoms with Crippen molar-refractivity contribution in [2.45, 2.75) is 36.5 Å². The molecule has 28 heavy (non-hydrogen) atoms. The SMILES string of the molecule is C[C@H](Sc1ncnc2ccccc12)C(=O)Nc1ccc(N2CCCCC2)cc1. The number of thioether (sulfide) groups is 1. The first-order valence-corrected chi connectivity index (χ1v) is 10.6. The molecule has 0 radical (unpaired) electrons. The Hall–Kier alpha value is -2.60. The topological polar surface area (TPSA) is 58.1 Å². The fourth-order valence-electron chi connectivity index (χ4n) is 3.45. The lowest BCUT2D eigenvalue weighted by Crippen LogP contribution is -2.29. The number of para-hydroxylation sites is 1. The molecular formula is C22H24N4OS. The number of amides is 1. The number of piperidine rings is 1. The minimum absolute atomic E-state index is 0.0292. The molecule has 1 atom stereocenters. The maximum Gasteiger partial charge on any atom is 0.237 e. The lowest BCUT2D eigenvalue weighted by Gasteiger charge is -2.28. The maximum absolute atomic E-state index is 12.7. The average molecular weight is 393 g/mol. The molecule has 0 spiro atoms. The van der Waals surface area contributed by atoms with E-state index in [9.17, 15) is 4.79 Å². The number of carbonyl (C=O) groups excluding carboxylic acids is 1. The van der Waals surface area contributed by atoms with E-state index in [1.165, 1.54) is 36.7 Å². The van der Waals surface area contributed by atoms with E-state index in [2.05, 4.69) is 32.3 Å². The van der Waals surface area contributed by atoms with Crippen LogP contribution in [-0.2, 0) is 4.79 Å². The molecule has 1 N–H and O–H groups in total. The molecule has 2 aromatic carbocycles. The fraction of sp³-hybridized carbons (Fsp3) is 0.318. The van der Waals surface area contributed by atoms with Crippen molar-refractivity contribution in [3.8, 4) is 0 Å². The van der Waals surface area contributed by atoms with Gasteiger partial charge in [-0.3, -0.25) is 4.79 Å². The summed E-state index contributed by atoms with van der Waals surface area (Å²) in [5, 5.41) is 4.55. The van der Waals surface area contributed by atoms with Gasteiger partial charge in [0.15, 0.2) is 0 Å². The molecule has 0 saturated carbocycles. The molecule has 4 rings (SSSR count). The summed E-state index contributed by atoms with van der Waals surface area (Å²) in [6.45, 7) is 4.14. The van der Waals surface area contributed by atoms with E-state index in [-0.39, 0.29) is 11.2 Å². The van der Waals surface area contributed by atoms with Crippen LogP contribution in [0.4, 0.5) is 11.4 Å². The lowest BCUT2D eigenvalue weighted by atomic mass is 10.1. The van der Waals surface area contributed by atoms with Crippen LogP contribution in [-0.4, -0.2) is 34.2 Å². The van der Waals surface area contributed by atoms with Crippen molar-refractivity contribution in [2.24, 2.45) is 0 Å². The summed E-state index contributed by atoms with van der Waals surface area (Å²) in [6.07, 6.45) is 5.38. The predicted molar refractivity (Wildman–Crippen MR) is 116 cm³/mol. The van der Waals surface area contributed by atoms with Crippen LogP contribution in [0.2, 0.25) is 0 Å². The molecule has 0 unspecified atom stereocenters. The van der Waals surface area contributed by atoms with Gasteiger partial charge in [-0.25, -0.2) is 9.97 Å². The Balaban J connectivity index is 1.40. The van der Waals surface area contributed by atoms with E-state index in [1.807, 2.05) is 43.3 Å². The number of carbonyl (C=O) groups is 1. The maximum atomic E-state index is 12.7. The van der Waals surface area contributed by atoms with Gasteiger partial charge in [0.2, 0.25) is 5.91 Å². The number of fused-ring (bicyclic) bond motifs is 1. The highest BCUT2D eigenvalue weighted by Gasteiger charge is 2.17. The van der Waals surface area contributed by atoms with Crippen LogP contribution in [0.3, 0.4) is 0 Å². The average Bonchev–Trinajstić information content (AvgIpc) is 2.75. The van der Waals surface area contributed by atoms with Gasteiger partial charge in [0, 0.05) is 29.9 Å². The second kappa shape index (κ2) is 8.61. The highest BCUT2D eigenvalue weighted by molar-refractivity contribution is 8.00. The number of benzene rings is 2. The van der Waals surface area contributed by atoms with Crippen molar-refractivity contribution >= 4 is 39.9 Å². The van der Waals surface area contributed by atoms with Crippen LogP contribution >= 0.6 is 11.8 Å². The molecule has 1 amide bonds. The zero-order valence-corrected chi connectivity index (χ0v) is 16.8. The molecule has 0 bridgehead atoms. The van der Waals surface area contributed by atoms with Crippen LogP contribution in [0, 0.1) is 0 Å². The Morgan fingerprint density at radius 3 is 2.57 bits per heavy atom. The summed E-state index contributed by atoms with van der Waals surface area (Å²) in [7, 11) is 0. The molecule has 1 aromatic heterocycles. The molecule has 1 saturated heterocycles. The predicted octanol–water partition coefficient (Wildman–Crippen LogP) is 4.74. The quantitative estimate of drug-likeness (QED) is 0.502. The molecule has 1 fully saturated rings. The number of anilines is 2. The van der Waals surface area contributed by atoms with E-state index in [0.29, 0.717) is 0 Å². The Morgan fingerprint density at radius 1 is 1.04 bits per heavy atom. The van der Waals surface area contributed by atoms with Gasteiger partial charge in [-0.2, -0.15) is 0 Å². The zero-order valence-electron chi connectivity index (χ0n) is 16.0. The zero-order chi connectivity index (χ0) is 19.3. The number of aromatic nitrogens is 2. The molecule has 1 aliphatic heterocycles. The summed E-state index contributed by atoms with van der Waals surface area (Å²) in [5.74, 6) is -0.0292. The Morgan fingerprint density at radius 2 is 1.79 bits per heavy atom. The van der Waals surface area contributed by atoms with Crippen LogP contribution in [0.5, 0.6) is 0 Å². The lowest BCUT2D eigenvalue weighted by molar-refractivity contribution is -0.115. The van der Waals surface area contributed by atoms with Crippen LogP contribution in [0.1, 0.15) is 26.2 Å². The normalized spacial score (nSPS) is 15.4. The number of nitrogens with zero attached hydrogens (tertiary/aromatic N) is 3. The van der Waals surface area contributed by atoms with Crippen molar-refractivity contribution < 1.29 is 4.79 Å². The molecular weight excluding hydrogens is 368 g/mol. The summed E-state index contributed by atoms with van der Waals surface area (Å²) in [4.78, 5) is 23.7. The van der Waals surface area contributed by atoms with Crippen molar-refractivity contribution in [3.63, 3.8) is 0 Å². The van der Waals surface area contributed by atoms with Crippen LogP contribution in [0.15, 0.2) is 59.9 Å². The first-order chi connectivity index (χ1) is 13.7. The summed E-state index contributed by atoms with van der Waals surface area (Å²) >= 11 is 1.45. The fourth-order valence-corrected chi connectivity index (χ4v) is 4.35. The van der Waals surface area contributed by atoms with Gasteiger partial charge in [-0.1, -0.05) is 30.0 Å². The van der Waals surface area contributed by atoms with Crippen molar-refractivity contribution in [1.29, 1.82) is 0 Å². The van der Waals surface area contributed by atoms with E-state index >= 15 is 0 Å². The third-order valence-electron chi connectivity index (χ3n) is 5.02. The Bertz CT molecular complexity index is 949. The molecule has 2 heterocycles. The van der Waals surface area contributed by atoms with E-state index in [1.54, 1.807) is 6.33 Å². The van der Waals surface area contributed by atoms with E-state index in [4.69, 9.17) is 0 Å². The van der Waals surface area contributed by atoms with E-state index < -0.39 is 0 Å². The minimum atomic E-state index is -0.264. The Kier molecular flexibility index (Phi) is 5.76. The van der Waals surface area contributed by atoms with Gasteiger partial charge in [-0.05, 0) is 56.5 Å². The minimum Gasteiger partial charge on any atom is -0.372 e. The number of rotatable bonds is 5. The van der Waals surface area contributed by atoms with Crippen molar-refractivity contribution in [1.82, 2.24) is 9.97 Å². The number of nitrogens with one attached hydrogen (secondary N) is 1. The highest BCUT2D eigenvalue weighted by Crippen LogP contribution is 2.28. The third kappa shape index (κ3) is 4.28. The van der Waals surface area contributed by atoms with Gasteiger partial charge in [0.05, 0.1) is 10.8 Å². The standard InChI is InChI=1S/C22H24N4OS/c1-16(28-22-19-7-3-4-8-20(19)23-15-24-22)21(27)25-17-9-11-18(12-10-17)26-13-5-2-6-14-26/h3-4,7-12,15-16H,2,5-6,13-14H2,1H3,(H,25,27)/t16-/m0/s1. The first-order valence-electron chi connectivity index (χ1n) is 9.73. The number of hydrogen-bond donors (Lipinski definition) is 1. The van der Waals surface area contributed by atoms with Gasteiger partial charge >= 0.3 is 0 Å². The van der Waals surface area contributed by atoms with Gasteiger partial charge in [0.25, 0.3) is 0 Å². The van der Waals surface area contributed by atoms with Crippen LogP contribution < -0.4 is 10.2 Å². The second-order valence-electron chi connectivity index (χ2n) is 7.04.